The highest BCUT2D eigenvalue weighted by Gasteiger charge is 2.13. The monoisotopic (exact) mass is 396 g/mol. The fourth-order valence-corrected chi connectivity index (χ4v) is 3.08. The number of hydrogen-bond donors (Lipinski definition) is 2. The van der Waals surface area contributed by atoms with Crippen LogP contribution in [0.2, 0.25) is 0 Å². The molecule has 0 spiro atoms. The van der Waals surface area contributed by atoms with Gasteiger partial charge in [-0.25, -0.2) is 0 Å². The number of nitrogens with zero attached hydrogens (tertiary/aromatic N) is 2. The maximum atomic E-state index is 12.3. The van der Waals surface area contributed by atoms with Crippen LogP contribution in [0, 0.1) is 0 Å². The van der Waals surface area contributed by atoms with Gasteiger partial charge in [0.15, 0.2) is 0 Å². The third kappa shape index (κ3) is 4.92. The predicted molar refractivity (Wildman–Crippen MR) is 108 cm³/mol. The topological polar surface area (TPSA) is 93.2 Å². The second-order valence-corrected chi connectivity index (χ2v) is 6.98. The third-order valence-corrected chi connectivity index (χ3v) is 5.05. The van der Waals surface area contributed by atoms with Gasteiger partial charge in [-0.15, -0.1) is 10.2 Å². The first-order chi connectivity index (χ1) is 13.6. The first-order valence-electron chi connectivity index (χ1n) is 8.74. The molecular weight excluding hydrogens is 376 g/mol. The van der Waals surface area contributed by atoms with Crippen LogP contribution >= 0.6 is 11.3 Å². The molecule has 0 unspecified atom stereocenters. The van der Waals surface area contributed by atoms with E-state index >= 15 is 0 Å². The van der Waals surface area contributed by atoms with Crippen molar-refractivity contribution >= 4 is 28.8 Å². The molecule has 0 fully saturated rings. The predicted octanol–water partition coefficient (Wildman–Crippen LogP) is 3.29. The Bertz CT molecular complexity index is 952. The van der Waals surface area contributed by atoms with E-state index in [0.717, 1.165) is 22.7 Å². The highest BCUT2D eigenvalue weighted by Crippen LogP contribution is 2.15. The fraction of sp³-hybridized carbons (Fsp3) is 0.200. The van der Waals surface area contributed by atoms with Crippen molar-refractivity contribution in [2.24, 2.45) is 0 Å². The fourth-order valence-electron chi connectivity index (χ4n) is 2.41. The van der Waals surface area contributed by atoms with Gasteiger partial charge in [0, 0.05) is 17.8 Å². The number of amides is 2. The van der Waals surface area contributed by atoms with Crippen molar-refractivity contribution in [3.05, 3.63) is 69.7 Å². The van der Waals surface area contributed by atoms with Crippen LogP contribution in [0.4, 0.5) is 5.69 Å². The SMILES string of the molecule is CCc1nnc(C(=O)Nc2ccc(C(=O)NCc3ccc(OC)cc3)cc2)s1. The zero-order chi connectivity index (χ0) is 19.9. The average molecular weight is 396 g/mol. The quantitative estimate of drug-likeness (QED) is 0.639. The third-order valence-electron chi connectivity index (χ3n) is 3.98. The molecule has 2 aromatic carbocycles. The highest BCUT2D eigenvalue weighted by atomic mass is 32.1. The zero-order valence-corrected chi connectivity index (χ0v) is 16.4. The van der Waals surface area contributed by atoms with Gasteiger partial charge in [0.2, 0.25) is 5.01 Å². The van der Waals surface area contributed by atoms with Crippen LogP contribution in [-0.2, 0) is 13.0 Å². The van der Waals surface area contributed by atoms with Crippen molar-refractivity contribution in [2.75, 3.05) is 12.4 Å². The Morgan fingerprint density at radius 3 is 2.32 bits per heavy atom. The Morgan fingerprint density at radius 1 is 1.00 bits per heavy atom. The van der Waals surface area contributed by atoms with E-state index in [4.69, 9.17) is 4.74 Å². The van der Waals surface area contributed by atoms with Gasteiger partial charge in [0.05, 0.1) is 7.11 Å². The Morgan fingerprint density at radius 2 is 1.71 bits per heavy atom. The molecule has 0 aliphatic rings. The lowest BCUT2D eigenvalue weighted by Crippen LogP contribution is -2.22. The Kier molecular flexibility index (Phi) is 6.33. The van der Waals surface area contributed by atoms with Crippen molar-refractivity contribution in [3.8, 4) is 5.75 Å². The summed E-state index contributed by atoms with van der Waals surface area (Å²) in [6, 6.07) is 14.2. The van der Waals surface area contributed by atoms with Gasteiger partial charge in [0.25, 0.3) is 11.8 Å². The molecule has 2 N–H and O–H groups in total. The molecule has 0 aliphatic carbocycles. The maximum Gasteiger partial charge on any atom is 0.286 e. The second kappa shape index (κ2) is 9.09. The van der Waals surface area contributed by atoms with Crippen molar-refractivity contribution in [1.29, 1.82) is 0 Å². The van der Waals surface area contributed by atoms with Crippen LogP contribution in [0.1, 0.15) is 37.7 Å². The Labute approximate surface area is 166 Å². The number of ether oxygens (including phenoxy) is 1. The molecule has 0 bridgehead atoms. The van der Waals surface area contributed by atoms with E-state index < -0.39 is 0 Å². The van der Waals surface area contributed by atoms with Gasteiger partial charge in [-0.1, -0.05) is 30.4 Å². The van der Waals surface area contributed by atoms with E-state index in [1.54, 1.807) is 31.4 Å². The number of nitrogens with one attached hydrogen (secondary N) is 2. The molecule has 3 rings (SSSR count). The molecule has 0 saturated heterocycles. The average Bonchev–Trinajstić information content (AvgIpc) is 3.22. The summed E-state index contributed by atoms with van der Waals surface area (Å²) in [5.41, 5.74) is 2.07. The van der Waals surface area contributed by atoms with Crippen molar-refractivity contribution < 1.29 is 14.3 Å². The number of methoxy groups -OCH3 is 1. The van der Waals surface area contributed by atoms with Gasteiger partial charge >= 0.3 is 0 Å². The summed E-state index contributed by atoms with van der Waals surface area (Å²) in [6.07, 6.45) is 0.741. The van der Waals surface area contributed by atoms with Gasteiger partial charge in [-0.3, -0.25) is 9.59 Å². The molecule has 144 valence electrons. The van der Waals surface area contributed by atoms with E-state index in [9.17, 15) is 9.59 Å². The Hall–Kier alpha value is -3.26. The number of benzene rings is 2. The minimum Gasteiger partial charge on any atom is -0.497 e. The maximum absolute atomic E-state index is 12.3. The van der Waals surface area contributed by atoms with Crippen molar-refractivity contribution in [2.45, 2.75) is 19.9 Å². The first kappa shape index (κ1) is 19.5. The minimum absolute atomic E-state index is 0.189. The van der Waals surface area contributed by atoms with E-state index in [2.05, 4.69) is 20.8 Å². The lowest BCUT2D eigenvalue weighted by atomic mass is 10.1. The van der Waals surface area contributed by atoms with Crippen molar-refractivity contribution in [3.63, 3.8) is 0 Å². The van der Waals surface area contributed by atoms with Crippen LogP contribution in [0.15, 0.2) is 48.5 Å². The van der Waals surface area contributed by atoms with Gasteiger partial charge in [-0.2, -0.15) is 0 Å². The smallest absolute Gasteiger partial charge is 0.286 e. The lowest BCUT2D eigenvalue weighted by molar-refractivity contribution is 0.0950. The summed E-state index contributed by atoms with van der Waals surface area (Å²) in [5, 5.41) is 14.6. The molecule has 7 nitrogen and oxygen atoms in total. The van der Waals surface area contributed by atoms with Gasteiger partial charge in [0.1, 0.15) is 10.8 Å². The molecule has 28 heavy (non-hydrogen) atoms. The summed E-state index contributed by atoms with van der Waals surface area (Å²) in [6.45, 7) is 2.37. The van der Waals surface area contributed by atoms with Gasteiger partial charge < -0.3 is 15.4 Å². The number of aryl methyl sites for hydroxylation is 1. The van der Waals surface area contributed by atoms with E-state index in [-0.39, 0.29) is 11.8 Å². The molecule has 3 aromatic rings. The van der Waals surface area contributed by atoms with Crippen LogP contribution in [0.3, 0.4) is 0 Å². The van der Waals surface area contributed by atoms with E-state index in [1.165, 1.54) is 11.3 Å². The van der Waals surface area contributed by atoms with Crippen LogP contribution < -0.4 is 15.4 Å². The Balaban J connectivity index is 1.55. The summed E-state index contributed by atoms with van der Waals surface area (Å²) in [5.74, 6) is 0.270. The number of aromatic nitrogens is 2. The molecule has 0 aliphatic heterocycles. The molecule has 0 radical (unpaired) electrons. The van der Waals surface area contributed by atoms with E-state index in [1.807, 2.05) is 31.2 Å². The normalized spacial score (nSPS) is 10.4. The lowest BCUT2D eigenvalue weighted by Gasteiger charge is -2.08. The van der Waals surface area contributed by atoms with Crippen LogP contribution in [0.5, 0.6) is 5.75 Å². The molecule has 0 saturated carbocycles. The molecular formula is C20H20N4O3S. The standard InChI is InChI=1S/C20H20N4O3S/c1-3-17-23-24-20(28-17)19(26)22-15-8-6-14(7-9-15)18(25)21-12-13-4-10-16(27-2)11-5-13/h4-11H,3,12H2,1-2H3,(H,21,25)(H,22,26). The van der Waals surface area contributed by atoms with E-state index in [0.29, 0.717) is 22.8 Å². The summed E-state index contributed by atoms with van der Waals surface area (Å²) in [4.78, 5) is 24.5. The summed E-state index contributed by atoms with van der Waals surface area (Å²) < 4.78 is 5.11. The van der Waals surface area contributed by atoms with Crippen LogP contribution in [0.25, 0.3) is 0 Å². The zero-order valence-electron chi connectivity index (χ0n) is 15.6. The molecule has 1 heterocycles. The second-order valence-electron chi connectivity index (χ2n) is 5.92. The molecule has 0 atom stereocenters. The summed E-state index contributed by atoms with van der Waals surface area (Å²) in [7, 11) is 1.61. The van der Waals surface area contributed by atoms with Crippen molar-refractivity contribution in [1.82, 2.24) is 15.5 Å². The van der Waals surface area contributed by atoms with Crippen LogP contribution in [-0.4, -0.2) is 29.1 Å². The number of carbonyl (C=O) groups is 2. The number of anilines is 1. The number of carbonyl (C=O) groups excluding carboxylic acids is 2. The number of hydrogen-bond acceptors (Lipinski definition) is 6. The minimum atomic E-state index is -0.311. The first-order valence-corrected chi connectivity index (χ1v) is 9.55. The summed E-state index contributed by atoms with van der Waals surface area (Å²) >= 11 is 1.27. The van der Waals surface area contributed by atoms with Gasteiger partial charge in [-0.05, 0) is 48.4 Å². The largest absolute Gasteiger partial charge is 0.497 e. The molecule has 8 heteroatoms. The molecule has 1 aromatic heterocycles. The highest BCUT2D eigenvalue weighted by molar-refractivity contribution is 7.13. The number of rotatable bonds is 7. The molecule has 2 amide bonds.